The van der Waals surface area contributed by atoms with Crippen LogP contribution < -0.4 is 0 Å². The summed E-state index contributed by atoms with van der Waals surface area (Å²) >= 11 is 0. The topological polar surface area (TPSA) is 175 Å². The standard InChI is InChI=1S/C65H102O12/c1-4-7-10-13-16-19-22-25-27-28-29-30-32-35-38-41-44-47-50-53-59(68)76-63-61(70)60(69)62(64(71)72)77-65(63)74-55-56(75-58(67)52-49-46-43-40-37-33-24-21-18-15-12-9-6-3)54-73-57(66)51-48-45-42-39-36-34-31-26-23-20-17-14-11-8-5-2/h7-8,10-11,16-17,19-21,24-27,29-31,36,39,45,48,56,60-63,65,69-70H,4-6,9,12-15,18,22-23,28,32-35,37-38,40-44,46-47,49-55H2,1-3H3,(H,71,72)/b10-7-,11-8-,19-16-,20-17-,24-21-,27-25-,30-29-,31-26-,39-36-,48-45-. The molecule has 6 atom stereocenters. The molecule has 0 aromatic heterocycles. The molecule has 434 valence electrons. The Morgan fingerprint density at radius 1 is 0.455 bits per heavy atom. The molecule has 0 radical (unpaired) electrons. The Hall–Kier alpha value is -4.88. The van der Waals surface area contributed by atoms with Crippen LogP contribution in [0.25, 0.3) is 0 Å². The zero-order valence-corrected chi connectivity index (χ0v) is 47.7. The van der Waals surface area contributed by atoms with E-state index in [1.165, 1.54) is 25.7 Å². The maximum Gasteiger partial charge on any atom is 0.335 e. The summed E-state index contributed by atoms with van der Waals surface area (Å²) in [7, 11) is 0. The minimum Gasteiger partial charge on any atom is -0.479 e. The smallest absolute Gasteiger partial charge is 0.335 e. The van der Waals surface area contributed by atoms with Crippen LogP contribution >= 0.6 is 0 Å². The number of carboxylic acid groups (broad SMARTS) is 1. The summed E-state index contributed by atoms with van der Waals surface area (Å²) in [5, 5.41) is 31.5. The van der Waals surface area contributed by atoms with Gasteiger partial charge in [0.25, 0.3) is 0 Å². The molecule has 77 heavy (non-hydrogen) atoms. The molecule has 1 aliphatic heterocycles. The lowest BCUT2D eigenvalue weighted by molar-refractivity contribution is -0.301. The number of aliphatic hydroxyl groups excluding tert-OH is 2. The van der Waals surface area contributed by atoms with Gasteiger partial charge in [-0.3, -0.25) is 14.4 Å². The summed E-state index contributed by atoms with van der Waals surface area (Å²) in [5.74, 6) is -3.33. The summed E-state index contributed by atoms with van der Waals surface area (Å²) in [6.07, 6.45) is 59.0. The van der Waals surface area contributed by atoms with Crippen LogP contribution in [0, 0.1) is 0 Å². The van der Waals surface area contributed by atoms with E-state index in [1.54, 1.807) is 6.08 Å². The first-order chi connectivity index (χ1) is 37.6. The van der Waals surface area contributed by atoms with Crippen molar-refractivity contribution in [1.82, 2.24) is 0 Å². The highest BCUT2D eigenvalue weighted by molar-refractivity contribution is 5.74. The first-order valence-corrected chi connectivity index (χ1v) is 29.5. The molecule has 0 saturated carbocycles. The Labute approximate surface area is 465 Å². The number of aliphatic carboxylic acids is 1. The van der Waals surface area contributed by atoms with Crippen molar-refractivity contribution in [2.75, 3.05) is 13.2 Å². The van der Waals surface area contributed by atoms with Crippen LogP contribution in [0.3, 0.4) is 0 Å². The predicted molar refractivity (Wildman–Crippen MR) is 312 cm³/mol. The number of esters is 3. The number of carbonyl (C=O) groups is 4. The lowest BCUT2D eigenvalue weighted by Crippen LogP contribution is -2.61. The number of unbranched alkanes of at least 4 members (excludes halogenated alkanes) is 15. The second-order valence-corrected chi connectivity index (χ2v) is 19.5. The summed E-state index contributed by atoms with van der Waals surface area (Å²) in [5.41, 5.74) is 0. The molecule has 12 nitrogen and oxygen atoms in total. The lowest BCUT2D eigenvalue weighted by Gasteiger charge is -2.40. The second-order valence-electron chi connectivity index (χ2n) is 19.5. The van der Waals surface area contributed by atoms with Gasteiger partial charge in [-0.05, 0) is 109 Å². The number of ether oxygens (including phenoxy) is 5. The van der Waals surface area contributed by atoms with Gasteiger partial charge in [0.1, 0.15) is 18.8 Å². The number of hydrogen-bond donors (Lipinski definition) is 3. The molecule has 3 N–H and O–H groups in total. The lowest BCUT2D eigenvalue weighted by atomic mass is 9.98. The fraction of sp³-hybridized carbons (Fsp3) is 0.631. The van der Waals surface area contributed by atoms with Gasteiger partial charge in [0.15, 0.2) is 24.6 Å². The molecule has 0 aromatic rings. The van der Waals surface area contributed by atoms with Crippen LogP contribution in [0.4, 0.5) is 0 Å². The Balaban J connectivity index is 2.74. The fourth-order valence-electron chi connectivity index (χ4n) is 8.07. The number of carboxylic acids is 1. The monoisotopic (exact) mass is 1070 g/mol. The van der Waals surface area contributed by atoms with E-state index in [-0.39, 0.29) is 25.9 Å². The van der Waals surface area contributed by atoms with Crippen LogP contribution in [-0.4, -0.2) is 89.2 Å². The predicted octanol–water partition coefficient (Wildman–Crippen LogP) is 15.2. The van der Waals surface area contributed by atoms with Crippen molar-refractivity contribution in [3.8, 4) is 0 Å². The van der Waals surface area contributed by atoms with E-state index >= 15 is 0 Å². The van der Waals surface area contributed by atoms with Crippen LogP contribution in [0.15, 0.2) is 122 Å². The van der Waals surface area contributed by atoms with Crippen LogP contribution in [0.2, 0.25) is 0 Å². The van der Waals surface area contributed by atoms with Crippen molar-refractivity contribution in [3.05, 3.63) is 122 Å². The van der Waals surface area contributed by atoms with Crippen molar-refractivity contribution >= 4 is 23.9 Å². The van der Waals surface area contributed by atoms with E-state index in [0.717, 1.165) is 128 Å². The highest BCUT2D eigenvalue weighted by Crippen LogP contribution is 2.26. The molecule has 6 unspecified atom stereocenters. The Morgan fingerprint density at radius 3 is 1.32 bits per heavy atom. The van der Waals surface area contributed by atoms with Crippen molar-refractivity contribution in [2.45, 2.75) is 250 Å². The molecule has 0 spiro atoms. The van der Waals surface area contributed by atoms with Crippen molar-refractivity contribution in [2.24, 2.45) is 0 Å². The van der Waals surface area contributed by atoms with E-state index in [0.29, 0.717) is 19.3 Å². The van der Waals surface area contributed by atoms with Crippen LogP contribution in [0.1, 0.15) is 213 Å². The van der Waals surface area contributed by atoms with Crippen molar-refractivity contribution in [1.29, 1.82) is 0 Å². The van der Waals surface area contributed by atoms with Crippen molar-refractivity contribution < 1.29 is 58.2 Å². The number of carbonyl (C=O) groups excluding carboxylic acids is 3. The molecule has 0 aliphatic carbocycles. The summed E-state index contributed by atoms with van der Waals surface area (Å²) in [6, 6.07) is 0. The molecule has 1 saturated heterocycles. The molecule has 1 fully saturated rings. The van der Waals surface area contributed by atoms with Gasteiger partial charge in [-0.25, -0.2) is 4.79 Å². The van der Waals surface area contributed by atoms with Gasteiger partial charge >= 0.3 is 23.9 Å². The highest BCUT2D eigenvalue weighted by Gasteiger charge is 2.50. The maximum atomic E-state index is 13.1. The largest absolute Gasteiger partial charge is 0.479 e. The normalized spacial score (nSPS) is 18.9. The van der Waals surface area contributed by atoms with E-state index < -0.39 is 67.3 Å². The van der Waals surface area contributed by atoms with E-state index in [2.05, 4.69) is 124 Å². The molecular weight excluding hydrogens is 973 g/mol. The van der Waals surface area contributed by atoms with Gasteiger partial charge in [0.2, 0.25) is 0 Å². The minimum absolute atomic E-state index is 0.0232. The Kier molecular flexibility index (Phi) is 47.2. The number of allylic oxidation sites excluding steroid dienone is 19. The molecule has 0 amide bonds. The minimum atomic E-state index is -1.93. The van der Waals surface area contributed by atoms with Crippen LogP contribution in [-0.2, 0) is 42.9 Å². The molecule has 1 heterocycles. The molecule has 1 aliphatic rings. The third kappa shape index (κ3) is 41.8. The van der Waals surface area contributed by atoms with Gasteiger partial charge in [0.05, 0.1) is 13.0 Å². The molecular formula is C65H102O12. The number of rotatable bonds is 48. The first kappa shape index (κ1) is 70.1. The quantitative estimate of drug-likeness (QED) is 0.0228. The second kappa shape index (κ2) is 51.9. The third-order valence-corrected chi connectivity index (χ3v) is 12.5. The molecule has 1 rings (SSSR count). The molecule has 0 bridgehead atoms. The average molecular weight is 1080 g/mol. The molecule has 0 aromatic carbocycles. The Bertz CT molecular complexity index is 1800. The van der Waals surface area contributed by atoms with E-state index in [4.69, 9.17) is 23.7 Å². The van der Waals surface area contributed by atoms with Gasteiger partial charge in [0, 0.05) is 12.8 Å². The van der Waals surface area contributed by atoms with E-state index in [1.807, 2.05) is 12.2 Å². The Morgan fingerprint density at radius 2 is 0.857 bits per heavy atom. The first-order valence-electron chi connectivity index (χ1n) is 29.5. The van der Waals surface area contributed by atoms with Crippen LogP contribution in [0.5, 0.6) is 0 Å². The van der Waals surface area contributed by atoms with Gasteiger partial charge < -0.3 is 39.0 Å². The fourth-order valence-corrected chi connectivity index (χ4v) is 8.07. The van der Waals surface area contributed by atoms with Gasteiger partial charge in [-0.15, -0.1) is 0 Å². The van der Waals surface area contributed by atoms with E-state index in [9.17, 15) is 34.5 Å². The van der Waals surface area contributed by atoms with Gasteiger partial charge in [-0.1, -0.05) is 206 Å². The average Bonchev–Trinajstić information content (AvgIpc) is 3.42. The van der Waals surface area contributed by atoms with Gasteiger partial charge in [-0.2, -0.15) is 0 Å². The zero-order chi connectivity index (χ0) is 56.1. The maximum absolute atomic E-state index is 13.1. The summed E-state index contributed by atoms with van der Waals surface area (Å²) in [4.78, 5) is 51.1. The number of aliphatic hydroxyl groups is 2. The summed E-state index contributed by atoms with van der Waals surface area (Å²) in [6.45, 7) is 5.63. The van der Waals surface area contributed by atoms with Crippen molar-refractivity contribution in [3.63, 3.8) is 0 Å². The zero-order valence-electron chi connectivity index (χ0n) is 47.7. The highest BCUT2D eigenvalue weighted by atomic mass is 16.7. The third-order valence-electron chi connectivity index (χ3n) is 12.5. The SMILES string of the molecule is CC/C=C\C/C=C\C/C=C\C/C=C\C/C=C\CC(=O)OCC(COC1OC(C(=O)O)C(O)C(O)C1OC(=O)CCCCCCCC/C=C\C/C=C\C/C=C\C/C=C\CC)OC(=O)CCCCCCC/C=C\CCCCCC. The molecule has 12 heteroatoms. The number of hydrogen-bond acceptors (Lipinski definition) is 11. The summed E-state index contributed by atoms with van der Waals surface area (Å²) < 4.78 is 28.3.